The van der Waals surface area contributed by atoms with E-state index in [-0.39, 0.29) is 0 Å². The zero-order valence-corrected chi connectivity index (χ0v) is 12.3. The number of hydrogen-bond donors (Lipinski definition) is 1. The second-order valence-electron chi connectivity index (χ2n) is 5.50. The second kappa shape index (κ2) is 6.75. The molecule has 0 bridgehead atoms. The first-order valence-electron chi connectivity index (χ1n) is 7.27. The van der Waals surface area contributed by atoms with Gasteiger partial charge in [0.2, 0.25) is 0 Å². The van der Waals surface area contributed by atoms with Gasteiger partial charge in [-0.15, -0.1) is 0 Å². The molecule has 1 aromatic carbocycles. The highest BCUT2D eigenvalue weighted by Crippen LogP contribution is 2.25. The molecule has 1 aliphatic heterocycles. The van der Waals surface area contributed by atoms with Crippen LogP contribution in [0.4, 0.5) is 0 Å². The SMILES string of the molecule is Cc1cc(C(=O)O)cc(C)c1OCCCN1CCCC1. The number of benzene rings is 1. The Labute approximate surface area is 120 Å². The molecule has 0 atom stereocenters. The Morgan fingerprint density at radius 3 is 2.40 bits per heavy atom. The van der Waals surface area contributed by atoms with Gasteiger partial charge in [-0.05, 0) is 69.5 Å². The van der Waals surface area contributed by atoms with E-state index in [2.05, 4.69) is 4.90 Å². The summed E-state index contributed by atoms with van der Waals surface area (Å²) in [5.74, 6) is -0.0618. The summed E-state index contributed by atoms with van der Waals surface area (Å²) in [7, 11) is 0. The van der Waals surface area contributed by atoms with Crippen molar-refractivity contribution >= 4 is 5.97 Å². The lowest BCUT2D eigenvalue weighted by molar-refractivity contribution is 0.0696. The summed E-state index contributed by atoms with van der Waals surface area (Å²) >= 11 is 0. The van der Waals surface area contributed by atoms with Gasteiger partial charge >= 0.3 is 5.97 Å². The Morgan fingerprint density at radius 2 is 1.85 bits per heavy atom. The quantitative estimate of drug-likeness (QED) is 0.812. The number of carboxylic acid groups (broad SMARTS) is 1. The van der Waals surface area contributed by atoms with Gasteiger partial charge in [0.15, 0.2) is 0 Å². The van der Waals surface area contributed by atoms with Crippen LogP contribution in [0.25, 0.3) is 0 Å². The highest BCUT2D eigenvalue weighted by molar-refractivity contribution is 5.88. The molecule has 20 heavy (non-hydrogen) atoms. The number of aromatic carboxylic acids is 1. The van der Waals surface area contributed by atoms with Crippen LogP contribution in [-0.4, -0.2) is 42.2 Å². The number of carboxylic acids is 1. The van der Waals surface area contributed by atoms with Gasteiger partial charge in [-0.1, -0.05) is 0 Å². The Morgan fingerprint density at radius 1 is 1.25 bits per heavy atom. The number of aryl methyl sites for hydroxylation is 2. The van der Waals surface area contributed by atoms with Gasteiger partial charge in [0, 0.05) is 6.54 Å². The lowest BCUT2D eigenvalue weighted by Crippen LogP contribution is -2.22. The number of carbonyl (C=O) groups is 1. The molecule has 1 aliphatic rings. The van der Waals surface area contributed by atoms with Crippen molar-refractivity contribution in [3.8, 4) is 5.75 Å². The van der Waals surface area contributed by atoms with Crippen molar-refractivity contribution in [3.63, 3.8) is 0 Å². The number of likely N-dealkylation sites (tertiary alicyclic amines) is 1. The third kappa shape index (κ3) is 3.73. The van der Waals surface area contributed by atoms with Gasteiger partial charge in [0.05, 0.1) is 12.2 Å². The molecule has 0 aliphatic carbocycles. The molecule has 2 rings (SSSR count). The lowest BCUT2D eigenvalue weighted by atomic mass is 10.1. The van der Waals surface area contributed by atoms with E-state index in [0.717, 1.165) is 29.8 Å². The van der Waals surface area contributed by atoms with Gasteiger partial charge in [0.25, 0.3) is 0 Å². The fraction of sp³-hybridized carbons (Fsp3) is 0.562. The summed E-state index contributed by atoms with van der Waals surface area (Å²) < 4.78 is 5.84. The number of hydrogen-bond acceptors (Lipinski definition) is 3. The molecule has 0 unspecified atom stereocenters. The molecule has 1 fully saturated rings. The van der Waals surface area contributed by atoms with Crippen molar-refractivity contribution in [3.05, 3.63) is 28.8 Å². The van der Waals surface area contributed by atoms with Crippen LogP contribution in [0.2, 0.25) is 0 Å². The van der Waals surface area contributed by atoms with Crippen LogP contribution in [0.5, 0.6) is 5.75 Å². The Bertz CT molecular complexity index is 456. The monoisotopic (exact) mass is 277 g/mol. The predicted molar refractivity (Wildman–Crippen MR) is 78.7 cm³/mol. The molecule has 1 heterocycles. The minimum Gasteiger partial charge on any atom is -0.493 e. The third-order valence-corrected chi connectivity index (χ3v) is 3.77. The van der Waals surface area contributed by atoms with Crippen LogP contribution in [-0.2, 0) is 0 Å². The summed E-state index contributed by atoms with van der Waals surface area (Å²) in [5.41, 5.74) is 2.11. The Hall–Kier alpha value is -1.55. The van der Waals surface area contributed by atoms with Gasteiger partial charge in [0.1, 0.15) is 5.75 Å². The summed E-state index contributed by atoms with van der Waals surface area (Å²) in [4.78, 5) is 13.4. The van der Waals surface area contributed by atoms with E-state index in [1.165, 1.54) is 25.9 Å². The van der Waals surface area contributed by atoms with Crippen LogP contribution >= 0.6 is 0 Å². The summed E-state index contributed by atoms with van der Waals surface area (Å²) in [6.45, 7) is 8.00. The molecule has 1 N–H and O–H groups in total. The Kier molecular flexibility index (Phi) is 5.01. The molecule has 4 heteroatoms. The topological polar surface area (TPSA) is 49.8 Å². The maximum absolute atomic E-state index is 11.0. The van der Waals surface area contributed by atoms with Crippen molar-refractivity contribution in [1.29, 1.82) is 0 Å². The highest BCUT2D eigenvalue weighted by Gasteiger charge is 2.12. The van der Waals surface area contributed by atoms with Gasteiger partial charge in [-0.3, -0.25) is 0 Å². The molecule has 0 aromatic heterocycles. The van der Waals surface area contributed by atoms with E-state index < -0.39 is 5.97 Å². The van der Waals surface area contributed by atoms with E-state index in [4.69, 9.17) is 9.84 Å². The maximum Gasteiger partial charge on any atom is 0.335 e. The molecule has 4 nitrogen and oxygen atoms in total. The van der Waals surface area contributed by atoms with E-state index in [0.29, 0.717) is 12.2 Å². The summed E-state index contributed by atoms with van der Waals surface area (Å²) in [5, 5.41) is 9.01. The van der Waals surface area contributed by atoms with Crippen LogP contribution in [0, 0.1) is 13.8 Å². The van der Waals surface area contributed by atoms with Crippen molar-refractivity contribution in [2.24, 2.45) is 0 Å². The largest absolute Gasteiger partial charge is 0.493 e. The molecular formula is C16H23NO3. The first-order valence-corrected chi connectivity index (χ1v) is 7.27. The van der Waals surface area contributed by atoms with E-state index in [1.807, 2.05) is 13.8 Å². The van der Waals surface area contributed by atoms with Crippen LogP contribution in [0.3, 0.4) is 0 Å². The van der Waals surface area contributed by atoms with Crippen LogP contribution < -0.4 is 4.74 Å². The van der Waals surface area contributed by atoms with Gasteiger partial charge in [-0.25, -0.2) is 4.79 Å². The standard InChI is InChI=1S/C16H23NO3/c1-12-10-14(16(18)19)11-13(2)15(12)20-9-5-8-17-6-3-4-7-17/h10-11H,3-9H2,1-2H3,(H,18,19). The predicted octanol–water partition coefficient (Wildman–Crippen LogP) is 2.87. The highest BCUT2D eigenvalue weighted by atomic mass is 16.5. The maximum atomic E-state index is 11.0. The van der Waals surface area contributed by atoms with E-state index in [1.54, 1.807) is 12.1 Å². The third-order valence-electron chi connectivity index (χ3n) is 3.77. The molecule has 1 aromatic rings. The molecule has 0 spiro atoms. The molecule has 1 saturated heterocycles. The molecule has 0 saturated carbocycles. The fourth-order valence-electron chi connectivity index (χ4n) is 2.77. The van der Waals surface area contributed by atoms with Crippen molar-refractivity contribution in [2.45, 2.75) is 33.1 Å². The first kappa shape index (κ1) is 14.9. The smallest absolute Gasteiger partial charge is 0.335 e. The fourth-order valence-corrected chi connectivity index (χ4v) is 2.77. The van der Waals surface area contributed by atoms with Crippen LogP contribution in [0.15, 0.2) is 12.1 Å². The second-order valence-corrected chi connectivity index (χ2v) is 5.50. The van der Waals surface area contributed by atoms with Crippen molar-refractivity contribution in [1.82, 2.24) is 4.90 Å². The van der Waals surface area contributed by atoms with Crippen molar-refractivity contribution < 1.29 is 14.6 Å². The summed E-state index contributed by atoms with van der Waals surface area (Å²) in [6.07, 6.45) is 3.64. The number of rotatable bonds is 6. The van der Waals surface area contributed by atoms with Gasteiger partial charge in [-0.2, -0.15) is 0 Å². The minimum absolute atomic E-state index is 0.324. The lowest BCUT2D eigenvalue weighted by Gasteiger charge is -2.16. The average Bonchev–Trinajstić information content (AvgIpc) is 2.89. The first-order chi connectivity index (χ1) is 9.58. The number of nitrogens with zero attached hydrogens (tertiary/aromatic N) is 1. The minimum atomic E-state index is -0.892. The zero-order valence-electron chi connectivity index (χ0n) is 12.3. The average molecular weight is 277 g/mol. The van der Waals surface area contributed by atoms with Gasteiger partial charge < -0.3 is 14.7 Å². The molecule has 110 valence electrons. The Balaban J connectivity index is 1.87. The molecule has 0 radical (unpaired) electrons. The normalized spacial score (nSPS) is 15.5. The summed E-state index contributed by atoms with van der Waals surface area (Å²) in [6, 6.07) is 3.34. The number of ether oxygens (including phenoxy) is 1. The van der Waals surface area contributed by atoms with E-state index in [9.17, 15) is 4.79 Å². The molecule has 0 amide bonds. The van der Waals surface area contributed by atoms with Crippen LogP contribution in [0.1, 0.15) is 40.7 Å². The van der Waals surface area contributed by atoms with Crippen molar-refractivity contribution in [2.75, 3.05) is 26.2 Å². The molecular weight excluding hydrogens is 254 g/mol. The zero-order chi connectivity index (χ0) is 14.5. The van der Waals surface area contributed by atoms with E-state index >= 15 is 0 Å².